The van der Waals surface area contributed by atoms with Crippen LogP contribution >= 0.6 is 0 Å². The van der Waals surface area contributed by atoms with Gasteiger partial charge in [-0.2, -0.15) is 0 Å². The fourth-order valence-electron chi connectivity index (χ4n) is 2.09. The summed E-state index contributed by atoms with van der Waals surface area (Å²) in [5.74, 6) is -1.03. The van der Waals surface area contributed by atoms with Gasteiger partial charge in [0.2, 0.25) is 0 Å². The van der Waals surface area contributed by atoms with Crippen LogP contribution in [0.1, 0.15) is 26.3 Å². The zero-order valence-electron chi connectivity index (χ0n) is 13.1. The maximum Gasteiger partial charge on any atom is 0.326 e. The molecule has 0 radical (unpaired) electrons. The summed E-state index contributed by atoms with van der Waals surface area (Å²) in [5, 5.41) is 11.8. The number of rotatable bonds is 5. The molecule has 2 N–H and O–H groups in total. The van der Waals surface area contributed by atoms with Gasteiger partial charge >= 0.3 is 12.0 Å². The molecule has 1 rings (SSSR count). The lowest BCUT2D eigenvalue weighted by atomic mass is 9.96. The third-order valence-electron chi connectivity index (χ3n) is 2.94. The van der Waals surface area contributed by atoms with Crippen LogP contribution in [0.25, 0.3) is 0 Å². The van der Waals surface area contributed by atoms with E-state index in [4.69, 9.17) is 0 Å². The summed E-state index contributed by atoms with van der Waals surface area (Å²) >= 11 is 0. The molecule has 5 heteroatoms. The quantitative estimate of drug-likeness (QED) is 0.875. The highest BCUT2D eigenvalue weighted by Crippen LogP contribution is 2.14. The second kappa shape index (κ2) is 7.11. The molecule has 1 aromatic carbocycles. The molecule has 0 saturated carbocycles. The van der Waals surface area contributed by atoms with Crippen molar-refractivity contribution in [1.29, 1.82) is 0 Å². The first-order chi connectivity index (χ1) is 9.69. The molecule has 0 heterocycles. The number of carbonyl (C=O) groups is 2. The zero-order chi connectivity index (χ0) is 16.0. The summed E-state index contributed by atoms with van der Waals surface area (Å²) in [6, 6.07) is 7.97. The fourth-order valence-corrected chi connectivity index (χ4v) is 2.09. The Balaban J connectivity index is 2.66. The van der Waals surface area contributed by atoms with Crippen molar-refractivity contribution >= 4 is 12.0 Å². The lowest BCUT2D eigenvalue weighted by Crippen LogP contribution is -2.49. The smallest absolute Gasteiger partial charge is 0.326 e. The molecule has 5 nitrogen and oxygen atoms in total. The van der Waals surface area contributed by atoms with Crippen LogP contribution in [0, 0.1) is 5.41 Å². The van der Waals surface area contributed by atoms with Gasteiger partial charge in [-0.3, -0.25) is 0 Å². The van der Waals surface area contributed by atoms with Crippen LogP contribution in [-0.4, -0.2) is 41.6 Å². The molecule has 0 fully saturated rings. The number of nitrogens with zero attached hydrogens (tertiary/aromatic N) is 1. The number of aliphatic carboxylic acids is 1. The molecule has 116 valence electrons. The Hall–Kier alpha value is -2.04. The molecule has 21 heavy (non-hydrogen) atoms. The fraction of sp³-hybridized carbons (Fsp3) is 0.500. The van der Waals surface area contributed by atoms with Crippen molar-refractivity contribution < 1.29 is 14.7 Å². The highest BCUT2D eigenvalue weighted by Gasteiger charge is 2.24. The molecule has 0 aromatic heterocycles. The first-order valence-electron chi connectivity index (χ1n) is 6.97. The lowest BCUT2D eigenvalue weighted by molar-refractivity contribution is -0.139. The predicted molar refractivity (Wildman–Crippen MR) is 82.2 cm³/mol. The van der Waals surface area contributed by atoms with Crippen molar-refractivity contribution in [3.8, 4) is 0 Å². The van der Waals surface area contributed by atoms with Crippen LogP contribution in [0.5, 0.6) is 0 Å². The van der Waals surface area contributed by atoms with Gasteiger partial charge < -0.3 is 15.3 Å². The van der Waals surface area contributed by atoms with Crippen molar-refractivity contribution in [3.63, 3.8) is 0 Å². The predicted octanol–water partition coefficient (Wildman–Crippen LogP) is 2.37. The molecule has 1 aromatic rings. The first-order valence-corrected chi connectivity index (χ1v) is 6.97. The topological polar surface area (TPSA) is 69.6 Å². The molecule has 0 aliphatic carbocycles. The molecule has 1 atom stereocenters. The molecular formula is C16H24N2O3. The van der Waals surface area contributed by atoms with Crippen molar-refractivity contribution in [1.82, 2.24) is 10.2 Å². The van der Waals surface area contributed by atoms with E-state index in [1.54, 1.807) is 7.05 Å². The van der Waals surface area contributed by atoms with E-state index >= 15 is 0 Å². The number of hydrogen-bond donors (Lipinski definition) is 2. The van der Waals surface area contributed by atoms with E-state index in [0.29, 0.717) is 6.54 Å². The van der Waals surface area contributed by atoms with Crippen LogP contribution < -0.4 is 5.32 Å². The van der Waals surface area contributed by atoms with Gasteiger partial charge in [0, 0.05) is 20.0 Å². The van der Waals surface area contributed by atoms with Crippen molar-refractivity contribution in [2.24, 2.45) is 5.41 Å². The summed E-state index contributed by atoms with van der Waals surface area (Å²) in [6.07, 6.45) is 0.269. The van der Waals surface area contributed by atoms with Gasteiger partial charge in [-0.25, -0.2) is 9.59 Å². The van der Waals surface area contributed by atoms with E-state index in [2.05, 4.69) is 5.32 Å². The second-order valence-electron chi connectivity index (χ2n) is 6.45. The number of hydrogen-bond acceptors (Lipinski definition) is 2. The minimum Gasteiger partial charge on any atom is -0.480 e. The minimum atomic E-state index is -1.03. The Morgan fingerprint density at radius 2 is 1.81 bits per heavy atom. The van der Waals surface area contributed by atoms with E-state index in [1.165, 1.54) is 4.90 Å². The van der Waals surface area contributed by atoms with Crippen LogP contribution in [0.3, 0.4) is 0 Å². The van der Waals surface area contributed by atoms with E-state index in [0.717, 1.165) is 5.56 Å². The highest BCUT2D eigenvalue weighted by molar-refractivity contribution is 5.82. The van der Waals surface area contributed by atoms with Crippen LogP contribution in [-0.2, 0) is 11.2 Å². The largest absolute Gasteiger partial charge is 0.480 e. The third kappa shape index (κ3) is 6.29. The van der Waals surface area contributed by atoms with Gasteiger partial charge in [0.25, 0.3) is 0 Å². The molecule has 0 bridgehead atoms. The van der Waals surface area contributed by atoms with Gasteiger partial charge in [-0.15, -0.1) is 0 Å². The normalized spacial score (nSPS) is 12.6. The second-order valence-corrected chi connectivity index (χ2v) is 6.45. The monoisotopic (exact) mass is 292 g/mol. The van der Waals surface area contributed by atoms with Crippen molar-refractivity contribution in [2.45, 2.75) is 33.2 Å². The summed E-state index contributed by atoms with van der Waals surface area (Å²) in [4.78, 5) is 24.9. The van der Waals surface area contributed by atoms with E-state index in [-0.39, 0.29) is 17.9 Å². The van der Waals surface area contributed by atoms with E-state index < -0.39 is 12.0 Å². The number of urea groups is 1. The summed E-state index contributed by atoms with van der Waals surface area (Å²) in [5.41, 5.74) is 0.841. The third-order valence-corrected chi connectivity index (χ3v) is 2.94. The Labute approximate surface area is 126 Å². The van der Waals surface area contributed by atoms with Crippen LogP contribution in [0.15, 0.2) is 30.3 Å². The molecule has 2 amide bonds. The number of carboxylic acid groups (broad SMARTS) is 1. The Bertz CT molecular complexity index is 480. The molecular weight excluding hydrogens is 268 g/mol. The zero-order valence-corrected chi connectivity index (χ0v) is 13.1. The average Bonchev–Trinajstić information content (AvgIpc) is 2.36. The van der Waals surface area contributed by atoms with Gasteiger partial charge in [0.05, 0.1) is 0 Å². The Morgan fingerprint density at radius 3 is 2.29 bits per heavy atom. The molecule has 1 unspecified atom stereocenters. The van der Waals surface area contributed by atoms with Gasteiger partial charge in [-0.05, 0) is 11.0 Å². The maximum atomic E-state index is 12.1. The molecule has 0 aliphatic rings. The van der Waals surface area contributed by atoms with Crippen molar-refractivity contribution in [3.05, 3.63) is 35.9 Å². The number of benzene rings is 1. The van der Waals surface area contributed by atoms with Gasteiger partial charge in [0.15, 0.2) is 0 Å². The lowest BCUT2D eigenvalue weighted by Gasteiger charge is -2.28. The van der Waals surface area contributed by atoms with Gasteiger partial charge in [0.1, 0.15) is 6.04 Å². The van der Waals surface area contributed by atoms with Crippen LogP contribution in [0.2, 0.25) is 0 Å². The first kappa shape index (κ1) is 17.0. The summed E-state index contributed by atoms with van der Waals surface area (Å²) in [6.45, 7) is 6.62. The minimum absolute atomic E-state index is 0.0375. The number of carboxylic acids is 1. The van der Waals surface area contributed by atoms with E-state index in [1.807, 2.05) is 51.1 Å². The Morgan fingerprint density at radius 1 is 1.24 bits per heavy atom. The maximum absolute atomic E-state index is 12.1. The van der Waals surface area contributed by atoms with Crippen molar-refractivity contribution in [2.75, 3.05) is 13.6 Å². The van der Waals surface area contributed by atoms with Gasteiger partial charge in [-0.1, -0.05) is 51.1 Å². The number of nitrogens with one attached hydrogen (secondary N) is 1. The molecule has 0 aliphatic heterocycles. The summed E-state index contributed by atoms with van der Waals surface area (Å²) in [7, 11) is 1.67. The SMILES string of the molecule is CN(CC(C)(C)C)C(=O)NC(Cc1ccccc1)C(=O)O. The van der Waals surface area contributed by atoms with Crippen LogP contribution in [0.4, 0.5) is 4.79 Å². The highest BCUT2D eigenvalue weighted by atomic mass is 16.4. The summed E-state index contributed by atoms with van der Waals surface area (Å²) < 4.78 is 0. The average molecular weight is 292 g/mol. The molecule has 0 spiro atoms. The van der Waals surface area contributed by atoms with E-state index in [9.17, 15) is 14.7 Å². The Kier molecular flexibility index (Phi) is 5.76. The number of amides is 2. The standard InChI is InChI=1S/C16H24N2O3/c1-16(2,3)11-18(4)15(21)17-13(14(19)20)10-12-8-6-5-7-9-12/h5-9,13H,10-11H2,1-4H3,(H,17,21)(H,19,20). The number of carbonyl (C=O) groups excluding carboxylic acids is 1. The molecule has 0 saturated heterocycles.